The molecule has 1 unspecified atom stereocenters. The molecule has 0 heterocycles. The van der Waals surface area contributed by atoms with Crippen molar-refractivity contribution in [2.24, 2.45) is 5.92 Å². The quantitative estimate of drug-likeness (QED) is 0.618. The Balaban J connectivity index is 3.38. The van der Waals surface area contributed by atoms with Gasteiger partial charge in [-0.3, -0.25) is 4.79 Å². The summed E-state index contributed by atoms with van der Waals surface area (Å²) in [5.74, 6) is -1.27. The molecule has 0 fully saturated rings. The molecule has 1 N–H and O–H groups in total. The van der Waals surface area contributed by atoms with Crippen LogP contribution in [0.5, 0.6) is 0 Å². The smallest absolute Gasteiger partial charge is 0.306 e. The second-order valence-corrected chi connectivity index (χ2v) is 2.49. The van der Waals surface area contributed by atoms with E-state index < -0.39 is 11.9 Å². The summed E-state index contributed by atoms with van der Waals surface area (Å²) in [5, 5.41) is 8.45. The first-order valence-corrected chi connectivity index (χ1v) is 3.89. The monoisotopic (exact) mass is 155 g/mol. The highest BCUT2D eigenvalue weighted by molar-refractivity contribution is 5.70. The van der Waals surface area contributed by atoms with E-state index in [1.807, 2.05) is 12.2 Å². The number of aliphatic carboxylic acids is 1. The molecule has 0 aromatic carbocycles. The number of hydrogen-bond acceptors (Lipinski definition) is 1. The maximum atomic E-state index is 10.3. The van der Waals surface area contributed by atoms with E-state index in [9.17, 15) is 4.79 Å². The van der Waals surface area contributed by atoms with E-state index in [0.717, 1.165) is 12.8 Å². The van der Waals surface area contributed by atoms with Crippen LogP contribution in [0.1, 0.15) is 26.2 Å². The molecule has 0 amide bonds. The summed E-state index contributed by atoms with van der Waals surface area (Å²) in [7, 11) is 0. The first-order valence-electron chi connectivity index (χ1n) is 3.89. The number of carboxylic acids is 1. The van der Waals surface area contributed by atoms with Crippen molar-refractivity contribution in [1.29, 1.82) is 0 Å². The van der Waals surface area contributed by atoms with Crippen LogP contribution in [0.3, 0.4) is 0 Å². The standard InChI is InChI=1S/C9H15O2/c1-3-4-5-6-7-8(2)9(10)11/h4-5,8H,2-3,6-7H2,1H3,(H,10,11). The van der Waals surface area contributed by atoms with E-state index in [1.54, 1.807) is 0 Å². The van der Waals surface area contributed by atoms with Crippen LogP contribution in [0.2, 0.25) is 0 Å². The minimum Gasteiger partial charge on any atom is -0.481 e. The molecule has 63 valence electrons. The molecule has 11 heavy (non-hydrogen) atoms. The summed E-state index contributed by atoms with van der Waals surface area (Å²) < 4.78 is 0. The molecule has 0 aromatic rings. The zero-order valence-corrected chi connectivity index (χ0v) is 6.92. The van der Waals surface area contributed by atoms with Gasteiger partial charge in [0.05, 0.1) is 5.92 Å². The maximum Gasteiger partial charge on any atom is 0.306 e. The van der Waals surface area contributed by atoms with Crippen molar-refractivity contribution in [1.82, 2.24) is 0 Å². The predicted molar refractivity (Wildman–Crippen MR) is 45.1 cm³/mol. The second-order valence-electron chi connectivity index (χ2n) is 2.49. The fourth-order valence-corrected chi connectivity index (χ4v) is 0.705. The van der Waals surface area contributed by atoms with Gasteiger partial charge in [-0.15, -0.1) is 0 Å². The van der Waals surface area contributed by atoms with Gasteiger partial charge in [0.2, 0.25) is 0 Å². The van der Waals surface area contributed by atoms with Crippen molar-refractivity contribution < 1.29 is 9.90 Å². The van der Waals surface area contributed by atoms with Crippen LogP contribution in [0.25, 0.3) is 0 Å². The van der Waals surface area contributed by atoms with Gasteiger partial charge in [0.25, 0.3) is 0 Å². The summed E-state index contributed by atoms with van der Waals surface area (Å²) in [6.45, 7) is 5.55. The molecule has 2 heteroatoms. The number of carboxylic acid groups (broad SMARTS) is 1. The first-order chi connectivity index (χ1) is 5.18. The van der Waals surface area contributed by atoms with E-state index in [4.69, 9.17) is 5.11 Å². The zero-order valence-electron chi connectivity index (χ0n) is 6.92. The van der Waals surface area contributed by atoms with Crippen LogP contribution in [-0.2, 0) is 4.79 Å². The van der Waals surface area contributed by atoms with Crippen molar-refractivity contribution in [3.05, 3.63) is 19.1 Å². The van der Waals surface area contributed by atoms with Gasteiger partial charge in [0, 0.05) is 0 Å². The van der Waals surface area contributed by atoms with E-state index in [-0.39, 0.29) is 0 Å². The highest BCUT2D eigenvalue weighted by Crippen LogP contribution is 2.05. The Bertz CT molecular complexity index is 138. The van der Waals surface area contributed by atoms with Crippen LogP contribution in [-0.4, -0.2) is 11.1 Å². The van der Waals surface area contributed by atoms with Crippen LogP contribution in [0, 0.1) is 12.8 Å². The minimum atomic E-state index is -0.810. The Morgan fingerprint density at radius 2 is 2.27 bits per heavy atom. The SMILES string of the molecule is [CH2]C(CCC=CCC)C(=O)O. The van der Waals surface area contributed by atoms with Gasteiger partial charge in [-0.2, -0.15) is 0 Å². The van der Waals surface area contributed by atoms with Crippen molar-refractivity contribution in [2.75, 3.05) is 0 Å². The van der Waals surface area contributed by atoms with E-state index in [2.05, 4.69) is 13.8 Å². The highest BCUT2D eigenvalue weighted by atomic mass is 16.4. The average molecular weight is 155 g/mol. The normalized spacial score (nSPS) is 13.6. The lowest BCUT2D eigenvalue weighted by Gasteiger charge is -2.01. The Morgan fingerprint density at radius 1 is 1.64 bits per heavy atom. The van der Waals surface area contributed by atoms with Crippen molar-refractivity contribution >= 4 is 5.97 Å². The highest BCUT2D eigenvalue weighted by Gasteiger charge is 2.08. The summed E-state index contributed by atoms with van der Waals surface area (Å²) in [6.07, 6.45) is 6.49. The lowest BCUT2D eigenvalue weighted by molar-refractivity contribution is -0.140. The largest absolute Gasteiger partial charge is 0.481 e. The number of allylic oxidation sites excluding steroid dienone is 2. The topological polar surface area (TPSA) is 37.3 Å². The Kier molecular flexibility index (Phi) is 5.53. The maximum absolute atomic E-state index is 10.3. The molecule has 0 aliphatic rings. The van der Waals surface area contributed by atoms with Crippen molar-refractivity contribution in [2.45, 2.75) is 26.2 Å². The molecule has 1 atom stereocenters. The van der Waals surface area contributed by atoms with Crippen LogP contribution >= 0.6 is 0 Å². The van der Waals surface area contributed by atoms with Crippen LogP contribution in [0.15, 0.2) is 12.2 Å². The molecule has 0 rings (SSSR count). The molecule has 0 spiro atoms. The third-order valence-electron chi connectivity index (χ3n) is 1.43. The average Bonchev–Trinajstić information content (AvgIpc) is 1.97. The third-order valence-corrected chi connectivity index (χ3v) is 1.43. The molecule has 0 aromatic heterocycles. The second kappa shape index (κ2) is 5.96. The Hall–Kier alpha value is -0.790. The molecule has 2 nitrogen and oxygen atoms in total. The molecule has 1 radical (unpaired) electrons. The van der Waals surface area contributed by atoms with Crippen molar-refractivity contribution in [3.8, 4) is 0 Å². The Labute approximate surface area is 67.9 Å². The number of carbonyl (C=O) groups is 1. The van der Waals surface area contributed by atoms with Gasteiger partial charge in [0.1, 0.15) is 0 Å². The molecule has 0 aliphatic carbocycles. The van der Waals surface area contributed by atoms with Crippen molar-refractivity contribution in [3.63, 3.8) is 0 Å². The van der Waals surface area contributed by atoms with Gasteiger partial charge >= 0.3 is 5.97 Å². The van der Waals surface area contributed by atoms with E-state index in [1.165, 1.54) is 0 Å². The van der Waals surface area contributed by atoms with Gasteiger partial charge < -0.3 is 5.11 Å². The van der Waals surface area contributed by atoms with E-state index in [0.29, 0.717) is 6.42 Å². The lowest BCUT2D eigenvalue weighted by atomic mass is 10.1. The summed E-state index contributed by atoms with van der Waals surface area (Å²) in [5.41, 5.74) is 0. The fourth-order valence-electron chi connectivity index (χ4n) is 0.705. The van der Waals surface area contributed by atoms with Gasteiger partial charge in [-0.1, -0.05) is 19.1 Å². The summed E-state index contributed by atoms with van der Waals surface area (Å²) in [6, 6.07) is 0. The Morgan fingerprint density at radius 3 is 2.73 bits per heavy atom. The van der Waals surface area contributed by atoms with E-state index >= 15 is 0 Å². The number of rotatable bonds is 5. The van der Waals surface area contributed by atoms with Gasteiger partial charge in [0.15, 0.2) is 0 Å². The fraction of sp³-hybridized carbons (Fsp3) is 0.556. The predicted octanol–water partition coefficient (Wildman–Crippen LogP) is 2.27. The van der Waals surface area contributed by atoms with Crippen LogP contribution < -0.4 is 0 Å². The summed E-state index contributed by atoms with van der Waals surface area (Å²) >= 11 is 0. The molecule has 0 aliphatic heterocycles. The minimum absolute atomic E-state index is 0.462. The summed E-state index contributed by atoms with van der Waals surface area (Å²) in [4.78, 5) is 10.3. The number of hydrogen-bond donors (Lipinski definition) is 1. The first kappa shape index (κ1) is 10.2. The molecule has 0 bridgehead atoms. The zero-order chi connectivity index (χ0) is 8.69. The lowest BCUT2D eigenvalue weighted by Crippen LogP contribution is -2.08. The molecule has 0 saturated heterocycles. The molecular weight excluding hydrogens is 140 g/mol. The third kappa shape index (κ3) is 5.64. The van der Waals surface area contributed by atoms with Gasteiger partial charge in [-0.05, 0) is 26.2 Å². The van der Waals surface area contributed by atoms with Gasteiger partial charge in [-0.25, -0.2) is 0 Å². The molecule has 0 saturated carbocycles. The molecular formula is C9H15O2. The van der Waals surface area contributed by atoms with Crippen LogP contribution in [0.4, 0.5) is 0 Å².